The first-order valence-electron chi connectivity index (χ1n) is 7.18. The summed E-state index contributed by atoms with van der Waals surface area (Å²) in [6, 6.07) is 20.1. The Morgan fingerprint density at radius 3 is 1.81 bits per heavy atom. The molecule has 0 radical (unpaired) electrons. The summed E-state index contributed by atoms with van der Waals surface area (Å²) in [6.07, 6.45) is 1.26. The Hall–Kier alpha value is -1.71. The van der Waals surface area contributed by atoms with Gasteiger partial charge in [-0.05, 0) is 36.2 Å². The van der Waals surface area contributed by atoms with Gasteiger partial charge in [-0.1, -0.05) is 60.7 Å². The van der Waals surface area contributed by atoms with E-state index in [1.807, 2.05) is 60.7 Å². The van der Waals surface area contributed by atoms with E-state index in [9.17, 15) is 5.11 Å². The number of aliphatic hydroxyl groups excluding tert-OH is 2. The molecule has 0 aliphatic rings. The van der Waals surface area contributed by atoms with Crippen molar-refractivity contribution in [1.82, 2.24) is 0 Å². The molecule has 3 heteroatoms. The fraction of sp³-hybridized carbons (Fsp3) is 0.278. The molecule has 21 heavy (non-hydrogen) atoms. The van der Waals surface area contributed by atoms with Crippen molar-refractivity contribution in [2.24, 2.45) is 0 Å². The summed E-state index contributed by atoms with van der Waals surface area (Å²) in [7, 11) is 0. The maximum absolute atomic E-state index is 10.6. The minimum absolute atomic E-state index is 0.0122. The highest BCUT2D eigenvalue weighted by Gasteiger charge is 2.22. The van der Waals surface area contributed by atoms with Crippen LogP contribution in [-0.4, -0.2) is 21.4 Å². The van der Waals surface area contributed by atoms with Crippen molar-refractivity contribution in [3.63, 3.8) is 0 Å². The minimum atomic E-state index is -0.496. The van der Waals surface area contributed by atoms with E-state index in [1.54, 1.807) is 0 Å². The average molecular weight is 300 g/mol. The van der Waals surface area contributed by atoms with Crippen molar-refractivity contribution in [2.75, 3.05) is 0 Å². The third-order valence-electron chi connectivity index (χ3n) is 3.59. The number of aliphatic hydroxyl groups is 2. The van der Waals surface area contributed by atoms with Crippen LogP contribution >= 0.6 is 12.2 Å². The minimum Gasteiger partial charge on any atom is -0.502 e. The maximum atomic E-state index is 10.6. The Morgan fingerprint density at radius 2 is 1.38 bits per heavy atom. The van der Waals surface area contributed by atoms with Gasteiger partial charge < -0.3 is 10.2 Å². The van der Waals surface area contributed by atoms with Gasteiger partial charge in [-0.25, -0.2) is 0 Å². The predicted molar refractivity (Wildman–Crippen MR) is 89.8 cm³/mol. The lowest BCUT2D eigenvalue weighted by Gasteiger charge is -2.24. The number of benzene rings is 2. The summed E-state index contributed by atoms with van der Waals surface area (Å²) >= 11 is 4.67. The lowest BCUT2D eigenvalue weighted by Crippen LogP contribution is -2.20. The van der Waals surface area contributed by atoms with Crippen LogP contribution in [0.25, 0.3) is 0 Å². The molecule has 0 heterocycles. The highest BCUT2D eigenvalue weighted by molar-refractivity contribution is 7.80. The Balaban J connectivity index is 2.18. The predicted octanol–water partition coefficient (Wildman–Crippen LogP) is 4.24. The van der Waals surface area contributed by atoms with E-state index in [2.05, 4.69) is 12.2 Å². The molecule has 0 unspecified atom stereocenters. The molecule has 0 fully saturated rings. The van der Waals surface area contributed by atoms with Crippen LogP contribution < -0.4 is 0 Å². The molecule has 0 aromatic heterocycles. The van der Waals surface area contributed by atoms with E-state index in [0.717, 1.165) is 11.1 Å². The molecular formula is C18H20O2S. The first kappa shape index (κ1) is 15.7. The van der Waals surface area contributed by atoms with Gasteiger partial charge in [0.1, 0.15) is 0 Å². The summed E-state index contributed by atoms with van der Waals surface area (Å²) in [5.74, 6) is -0.0559. The van der Waals surface area contributed by atoms with E-state index in [0.29, 0.717) is 19.3 Å². The molecule has 110 valence electrons. The molecule has 0 saturated carbocycles. The molecule has 0 amide bonds. The Bertz CT molecular complexity index is 514. The number of hydrogen-bond donors (Lipinski definition) is 2. The van der Waals surface area contributed by atoms with Gasteiger partial charge in [0, 0.05) is 12.3 Å². The summed E-state index contributed by atoms with van der Waals surface area (Å²) in [5, 5.41) is 19.7. The van der Waals surface area contributed by atoms with Gasteiger partial charge in [0.25, 0.3) is 0 Å². The van der Waals surface area contributed by atoms with Crippen LogP contribution in [0.2, 0.25) is 0 Å². The quantitative estimate of drug-likeness (QED) is 0.752. The molecule has 0 aliphatic heterocycles. The number of hydrogen-bond acceptors (Lipinski definition) is 2. The first-order chi connectivity index (χ1) is 10.2. The van der Waals surface area contributed by atoms with Crippen molar-refractivity contribution >= 4 is 17.3 Å². The molecule has 2 aromatic carbocycles. The normalized spacial score (nSPS) is 12.3. The second kappa shape index (κ2) is 7.91. The van der Waals surface area contributed by atoms with Crippen LogP contribution in [0.3, 0.4) is 0 Å². The first-order valence-corrected chi connectivity index (χ1v) is 7.59. The molecule has 2 nitrogen and oxygen atoms in total. The van der Waals surface area contributed by atoms with Crippen molar-refractivity contribution in [1.29, 1.82) is 0 Å². The Labute approximate surface area is 131 Å². The Kier molecular flexibility index (Phi) is 5.90. The summed E-state index contributed by atoms with van der Waals surface area (Å²) in [4.78, 5) is 0. The van der Waals surface area contributed by atoms with Gasteiger partial charge in [-0.3, -0.25) is 0 Å². The zero-order valence-electron chi connectivity index (χ0n) is 11.9. The number of thiocarbonyl (C=S) groups is 1. The molecule has 0 saturated heterocycles. The van der Waals surface area contributed by atoms with Crippen molar-refractivity contribution in [3.8, 4) is 0 Å². The van der Waals surface area contributed by atoms with E-state index in [1.165, 1.54) is 0 Å². The summed E-state index contributed by atoms with van der Waals surface area (Å²) in [6.45, 7) is 0. The maximum Gasteiger partial charge on any atom is 0.156 e. The van der Waals surface area contributed by atoms with Crippen LogP contribution in [0.1, 0.15) is 36.3 Å². The molecule has 2 N–H and O–H groups in total. The zero-order valence-corrected chi connectivity index (χ0v) is 12.7. The van der Waals surface area contributed by atoms with Crippen LogP contribution in [0.5, 0.6) is 0 Å². The molecule has 0 aliphatic carbocycles. The second-order valence-corrected chi connectivity index (χ2v) is 5.62. The fourth-order valence-corrected chi connectivity index (χ4v) is 2.73. The topological polar surface area (TPSA) is 40.5 Å². The van der Waals surface area contributed by atoms with Crippen LogP contribution in [0.15, 0.2) is 60.7 Å². The highest BCUT2D eigenvalue weighted by Crippen LogP contribution is 2.30. The lowest BCUT2D eigenvalue weighted by atomic mass is 9.84. The van der Waals surface area contributed by atoms with Crippen molar-refractivity contribution in [3.05, 3.63) is 71.8 Å². The van der Waals surface area contributed by atoms with Gasteiger partial charge in [-0.2, -0.15) is 0 Å². The van der Waals surface area contributed by atoms with Gasteiger partial charge in [0.2, 0.25) is 0 Å². The number of rotatable bonds is 7. The SMILES string of the molecule is OC(=S)CCC[C@@H](O)C(c1ccccc1)c1ccccc1. The van der Waals surface area contributed by atoms with Gasteiger partial charge >= 0.3 is 0 Å². The smallest absolute Gasteiger partial charge is 0.156 e. The molecule has 2 aromatic rings. The van der Waals surface area contributed by atoms with Gasteiger partial charge in [0.05, 0.1) is 6.10 Å². The lowest BCUT2D eigenvalue weighted by molar-refractivity contribution is 0.144. The third kappa shape index (κ3) is 4.66. The molecule has 1 atom stereocenters. The average Bonchev–Trinajstić information content (AvgIpc) is 2.49. The Morgan fingerprint density at radius 1 is 0.905 bits per heavy atom. The molecule has 0 bridgehead atoms. The standard InChI is InChI=1S/C18H20O2S/c19-16(12-7-13-17(20)21)18(14-8-3-1-4-9-14)15-10-5-2-6-11-15/h1-6,8-11,16,18-19H,7,12-13H2,(H,20,21)/t16-/m1/s1. The zero-order chi connectivity index (χ0) is 15.1. The molecular weight excluding hydrogens is 280 g/mol. The summed E-state index contributed by atoms with van der Waals surface area (Å²) in [5.41, 5.74) is 2.20. The van der Waals surface area contributed by atoms with Crippen molar-refractivity contribution < 1.29 is 10.2 Å². The van der Waals surface area contributed by atoms with Crippen LogP contribution in [-0.2, 0) is 0 Å². The van der Waals surface area contributed by atoms with E-state index < -0.39 is 6.10 Å². The van der Waals surface area contributed by atoms with Crippen molar-refractivity contribution in [2.45, 2.75) is 31.3 Å². The molecule has 2 rings (SSSR count). The molecule has 0 spiro atoms. The van der Waals surface area contributed by atoms with E-state index in [-0.39, 0.29) is 11.0 Å². The van der Waals surface area contributed by atoms with Crippen LogP contribution in [0, 0.1) is 0 Å². The monoisotopic (exact) mass is 300 g/mol. The fourth-order valence-electron chi connectivity index (χ4n) is 2.59. The van der Waals surface area contributed by atoms with Crippen LogP contribution in [0.4, 0.5) is 0 Å². The highest BCUT2D eigenvalue weighted by atomic mass is 32.1. The summed E-state index contributed by atoms with van der Waals surface area (Å²) < 4.78 is 0. The van der Waals surface area contributed by atoms with Gasteiger partial charge in [0.15, 0.2) is 5.05 Å². The second-order valence-electron chi connectivity index (χ2n) is 5.15. The third-order valence-corrected chi connectivity index (χ3v) is 3.80. The van der Waals surface area contributed by atoms with Gasteiger partial charge in [-0.15, -0.1) is 0 Å². The largest absolute Gasteiger partial charge is 0.502 e. The van der Waals surface area contributed by atoms with E-state index >= 15 is 0 Å². The van der Waals surface area contributed by atoms with E-state index in [4.69, 9.17) is 5.11 Å².